The lowest BCUT2D eigenvalue weighted by atomic mass is 10.0. The predicted octanol–water partition coefficient (Wildman–Crippen LogP) is 4.29. The Labute approximate surface area is 135 Å². The van der Waals surface area contributed by atoms with Gasteiger partial charge < -0.3 is 10.1 Å². The zero-order valence-corrected chi connectivity index (χ0v) is 13.6. The molecule has 0 saturated heterocycles. The number of hydrogen-bond donors (Lipinski definition) is 1. The third-order valence-corrected chi connectivity index (χ3v) is 3.68. The van der Waals surface area contributed by atoms with Crippen LogP contribution in [0.3, 0.4) is 0 Å². The summed E-state index contributed by atoms with van der Waals surface area (Å²) in [6.45, 7) is 2.91. The van der Waals surface area contributed by atoms with Gasteiger partial charge in [-0.25, -0.2) is 0 Å². The van der Waals surface area contributed by atoms with E-state index in [0.29, 0.717) is 10.0 Å². The summed E-state index contributed by atoms with van der Waals surface area (Å²) in [4.78, 5) is 4.40. The van der Waals surface area contributed by atoms with E-state index in [0.717, 1.165) is 30.0 Å². The zero-order valence-electron chi connectivity index (χ0n) is 12.1. The first kappa shape index (κ1) is 16.1. The van der Waals surface area contributed by atoms with E-state index >= 15 is 0 Å². The van der Waals surface area contributed by atoms with Gasteiger partial charge in [-0.1, -0.05) is 30.1 Å². The lowest BCUT2D eigenvalue weighted by molar-refractivity contribution is 0.405. The minimum Gasteiger partial charge on any atom is -0.496 e. The van der Waals surface area contributed by atoms with Crippen LogP contribution in [0.1, 0.15) is 24.2 Å². The molecular formula is C16H18Cl2N2O. The van der Waals surface area contributed by atoms with Crippen LogP contribution in [0.25, 0.3) is 0 Å². The molecule has 112 valence electrons. The second-order valence-electron chi connectivity index (χ2n) is 4.67. The Morgan fingerprint density at radius 3 is 2.57 bits per heavy atom. The second-order valence-corrected chi connectivity index (χ2v) is 5.54. The van der Waals surface area contributed by atoms with Gasteiger partial charge in [-0.05, 0) is 48.9 Å². The highest BCUT2D eigenvalue weighted by atomic mass is 35.5. The number of nitrogens with zero attached hydrogens (tertiary/aromatic N) is 1. The van der Waals surface area contributed by atoms with Crippen LogP contribution >= 0.6 is 23.2 Å². The Balaban J connectivity index is 2.27. The van der Waals surface area contributed by atoms with Gasteiger partial charge in [0, 0.05) is 11.2 Å². The first-order chi connectivity index (χ1) is 10.1. The van der Waals surface area contributed by atoms with Gasteiger partial charge in [0.15, 0.2) is 0 Å². The topological polar surface area (TPSA) is 34.1 Å². The first-order valence-electron chi connectivity index (χ1n) is 6.81. The molecule has 0 radical (unpaired) electrons. The molecular weight excluding hydrogens is 307 g/mol. The number of halogens is 2. The fourth-order valence-corrected chi connectivity index (χ4v) is 2.55. The lowest BCUT2D eigenvalue weighted by Crippen LogP contribution is -2.24. The van der Waals surface area contributed by atoms with Crippen LogP contribution in [0.4, 0.5) is 0 Å². The minimum atomic E-state index is 0.0830. The summed E-state index contributed by atoms with van der Waals surface area (Å²) >= 11 is 12.0. The molecule has 2 rings (SSSR count). The number of nitrogens with one attached hydrogen (secondary N) is 1. The fraction of sp³-hybridized carbons (Fsp3) is 0.312. The number of hydrogen-bond acceptors (Lipinski definition) is 3. The van der Waals surface area contributed by atoms with Gasteiger partial charge in [-0.15, -0.1) is 0 Å². The van der Waals surface area contributed by atoms with E-state index in [-0.39, 0.29) is 6.04 Å². The van der Waals surface area contributed by atoms with E-state index < -0.39 is 0 Å². The number of rotatable bonds is 6. The van der Waals surface area contributed by atoms with Crippen LogP contribution in [-0.4, -0.2) is 18.6 Å². The summed E-state index contributed by atoms with van der Waals surface area (Å²) in [6.07, 6.45) is 2.41. The summed E-state index contributed by atoms with van der Waals surface area (Å²) in [5.41, 5.74) is 2.00. The molecule has 1 aromatic heterocycles. The van der Waals surface area contributed by atoms with E-state index in [9.17, 15) is 0 Å². The van der Waals surface area contributed by atoms with Gasteiger partial charge in [0.2, 0.25) is 0 Å². The van der Waals surface area contributed by atoms with Crippen molar-refractivity contribution in [2.75, 3.05) is 13.7 Å². The van der Waals surface area contributed by atoms with Crippen molar-refractivity contribution in [1.82, 2.24) is 10.3 Å². The average Bonchev–Trinajstić information content (AvgIpc) is 2.48. The van der Waals surface area contributed by atoms with Crippen LogP contribution in [0.5, 0.6) is 5.75 Å². The SMILES string of the molecule is CCNC(Cc1cc(Cl)ccc1OC)c1ccc(Cl)cn1. The van der Waals surface area contributed by atoms with Gasteiger partial charge in [0.1, 0.15) is 5.75 Å². The lowest BCUT2D eigenvalue weighted by Gasteiger charge is -2.19. The number of aromatic nitrogens is 1. The normalized spacial score (nSPS) is 12.2. The Kier molecular flexibility index (Phi) is 5.85. The van der Waals surface area contributed by atoms with E-state index in [1.807, 2.05) is 30.3 Å². The van der Waals surface area contributed by atoms with Gasteiger partial charge in [-0.3, -0.25) is 4.98 Å². The van der Waals surface area contributed by atoms with Crippen molar-refractivity contribution in [2.45, 2.75) is 19.4 Å². The minimum absolute atomic E-state index is 0.0830. The summed E-state index contributed by atoms with van der Waals surface area (Å²) in [5.74, 6) is 0.830. The van der Waals surface area contributed by atoms with Crippen molar-refractivity contribution in [3.8, 4) is 5.75 Å². The standard InChI is InChI=1S/C16H18Cl2N2O/c1-3-19-15(14-6-4-13(18)10-20-14)9-11-8-12(17)5-7-16(11)21-2/h4-8,10,15,19H,3,9H2,1-2H3. The molecule has 0 spiro atoms. The van der Waals surface area contributed by atoms with Crippen LogP contribution in [-0.2, 0) is 6.42 Å². The summed E-state index contributed by atoms with van der Waals surface area (Å²) < 4.78 is 5.41. The zero-order chi connectivity index (χ0) is 15.2. The molecule has 1 atom stereocenters. The fourth-order valence-electron chi connectivity index (χ4n) is 2.25. The van der Waals surface area contributed by atoms with Gasteiger partial charge >= 0.3 is 0 Å². The van der Waals surface area contributed by atoms with Crippen LogP contribution in [0.2, 0.25) is 10.0 Å². The molecule has 1 aromatic carbocycles. The molecule has 0 amide bonds. The Bertz CT molecular complexity index is 587. The molecule has 21 heavy (non-hydrogen) atoms. The van der Waals surface area contributed by atoms with Crippen LogP contribution in [0.15, 0.2) is 36.5 Å². The Morgan fingerprint density at radius 1 is 1.19 bits per heavy atom. The van der Waals surface area contributed by atoms with Crippen molar-refractivity contribution in [3.05, 3.63) is 57.8 Å². The molecule has 0 aliphatic rings. The highest BCUT2D eigenvalue weighted by Gasteiger charge is 2.15. The van der Waals surface area contributed by atoms with E-state index in [4.69, 9.17) is 27.9 Å². The summed E-state index contributed by atoms with van der Waals surface area (Å²) in [5, 5.41) is 4.77. The number of ether oxygens (including phenoxy) is 1. The van der Waals surface area contributed by atoms with E-state index in [1.165, 1.54) is 0 Å². The molecule has 1 heterocycles. The monoisotopic (exact) mass is 324 g/mol. The summed E-state index contributed by atoms with van der Waals surface area (Å²) in [7, 11) is 1.66. The largest absolute Gasteiger partial charge is 0.496 e. The van der Waals surface area contributed by atoms with Crippen molar-refractivity contribution in [1.29, 1.82) is 0 Å². The number of methoxy groups -OCH3 is 1. The van der Waals surface area contributed by atoms with Crippen LogP contribution in [0, 0.1) is 0 Å². The molecule has 2 aromatic rings. The van der Waals surface area contributed by atoms with Crippen molar-refractivity contribution in [2.24, 2.45) is 0 Å². The smallest absolute Gasteiger partial charge is 0.122 e. The molecule has 1 unspecified atom stereocenters. The number of pyridine rings is 1. The maximum Gasteiger partial charge on any atom is 0.122 e. The Morgan fingerprint density at radius 2 is 1.95 bits per heavy atom. The molecule has 5 heteroatoms. The quantitative estimate of drug-likeness (QED) is 0.860. The van der Waals surface area contributed by atoms with E-state index in [2.05, 4.69) is 17.2 Å². The molecule has 1 N–H and O–H groups in total. The average molecular weight is 325 g/mol. The Hall–Kier alpha value is -1.29. The molecule has 0 fully saturated rings. The number of benzene rings is 1. The van der Waals surface area contributed by atoms with Crippen molar-refractivity contribution < 1.29 is 4.74 Å². The summed E-state index contributed by atoms with van der Waals surface area (Å²) in [6, 6.07) is 9.51. The van der Waals surface area contributed by atoms with Crippen molar-refractivity contribution >= 4 is 23.2 Å². The molecule has 0 saturated carbocycles. The first-order valence-corrected chi connectivity index (χ1v) is 7.57. The number of likely N-dealkylation sites (N-methyl/N-ethyl adjacent to an activating group) is 1. The third kappa shape index (κ3) is 4.34. The van der Waals surface area contributed by atoms with Gasteiger partial charge in [0.05, 0.1) is 23.9 Å². The van der Waals surface area contributed by atoms with Gasteiger partial charge in [0.25, 0.3) is 0 Å². The maximum atomic E-state index is 6.09. The third-order valence-electron chi connectivity index (χ3n) is 3.22. The molecule has 0 aliphatic carbocycles. The highest BCUT2D eigenvalue weighted by Crippen LogP contribution is 2.27. The van der Waals surface area contributed by atoms with Crippen molar-refractivity contribution in [3.63, 3.8) is 0 Å². The molecule has 0 aliphatic heterocycles. The van der Waals surface area contributed by atoms with Gasteiger partial charge in [-0.2, -0.15) is 0 Å². The predicted molar refractivity (Wildman–Crippen MR) is 87.4 cm³/mol. The second kappa shape index (κ2) is 7.64. The van der Waals surface area contributed by atoms with Crippen LogP contribution < -0.4 is 10.1 Å². The highest BCUT2D eigenvalue weighted by molar-refractivity contribution is 6.30. The molecule has 3 nitrogen and oxygen atoms in total. The van der Waals surface area contributed by atoms with E-state index in [1.54, 1.807) is 13.3 Å². The molecule has 0 bridgehead atoms. The maximum absolute atomic E-state index is 6.09.